The van der Waals surface area contributed by atoms with Crippen LogP contribution in [0.1, 0.15) is 84.1 Å². The molecule has 1 aliphatic carbocycles. The lowest BCUT2D eigenvalue weighted by Gasteiger charge is -2.26. The Balaban J connectivity index is 1.72. The maximum Gasteiger partial charge on any atom is 0.408 e. The van der Waals surface area contributed by atoms with Crippen molar-refractivity contribution in [1.29, 1.82) is 0 Å². The van der Waals surface area contributed by atoms with Gasteiger partial charge >= 0.3 is 6.09 Å². The summed E-state index contributed by atoms with van der Waals surface area (Å²) >= 11 is 0. The van der Waals surface area contributed by atoms with Gasteiger partial charge in [0.25, 0.3) is 0 Å². The van der Waals surface area contributed by atoms with Gasteiger partial charge in [-0.05, 0) is 50.5 Å². The number of hydrogen-bond acceptors (Lipinski definition) is 7. The monoisotopic (exact) mass is 639 g/mol. The van der Waals surface area contributed by atoms with Crippen molar-refractivity contribution in [3.8, 4) is 0 Å². The lowest BCUT2D eigenvalue weighted by Crippen LogP contribution is -2.57. The molecule has 3 atom stereocenters. The standard InChI is InChI=1S/C34H49N5O7/c1-22(2)18-28(32(43)37-27(15-14-23(3)40)19-26-16-17-35-31(26)42)38-33(44)29(20-36-30(41)25-12-8-5-9-13-25)39-34(45)46-21-24-10-6-4-7-11-24/h4,6-7,10-11,15,22,25-26,28-29H,5,8-9,12-14,16-21H2,1-3H3,(H,35,42)(H,36,41)(H,37,43)(H,38,44)(H,39,45)/t26-,28-,29-/m0/s1. The smallest absolute Gasteiger partial charge is 0.408 e. The van der Waals surface area contributed by atoms with E-state index < -0.39 is 30.0 Å². The van der Waals surface area contributed by atoms with E-state index in [0.29, 0.717) is 18.7 Å². The molecule has 12 heteroatoms. The molecule has 2 fully saturated rings. The Morgan fingerprint density at radius 3 is 2.30 bits per heavy atom. The maximum absolute atomic E-state index is 13.6. The summed E-state index contributed by atoms with van der Waals surface area (Å²) in [6.45, 7) is 5.60. The molecule has 46 heavy (non-hydrogen) atoms. The highest BCUT2D eigenvalue weighted by atomic mass is 16.5. The molecular formula is C34H49N5O7. The minimum Gasteiger partial charge on any atom is -0.445 e. The molecule has 2 aliphatic rings. The number of carbonyl (C=O) groups excluding carboxylic acids is 6. The number of carbonyl (C=O) groups is 6. The van der Waals surface area contributed by atoms with Crippen LogP contribution in [-0.4, -0.2) is 60.7 Å². The van der Waals surface area contributed by atoms with Crippen molar-refractivity contribution >= 4 is 35.5 Å². The van der Waals surface area contributed by atoms with Gasteiger partial charge in [-0.2, -0.15) is 0 Å². The molecule has 0 aromatic heterocycles. The number of ketones is 1. The van der Waals surface area contributed by atoms with Gasteiger partial charge in [-0.3, -0.25) is 24.0 Å². The summed E-state index contributed by atoms with van der Waals surface area (Å²) in [6, 6.07) is 6.87. The van der Waals surface area contributed by atoms with E-state index >= 15 is 0 Å². The van der Waals surface area contributed by atoms with E-state index in [1.54, 1.807) is 18.2 Å². The molecule has 1 saturated heterocycles. The quantitative estimate of drug-likeness (QED) is 0.185. The molecule has 0 unspecified atom stereocenters. The zero-order valence-corrected chi connectivity index (χ0v) is 27.2. The zero-order chi connectivity index (χ0) is 33.5. The lowest BCUT2D eigenvalue weighted by molar-refractivity contribution is -0.130. The van der Waals surface area contributed by atoms with Crippen LogP contribution in [0.4, 0.5) is 4.79 Å². The second kappa shape index (κ2) is 18.7. The highest BCUT2D eigenvalue weighted by Crippen LogP contribution is 2.23. The van der Waals surface area contributed by atoms with Crippen molar-refractivity contribution in [3.63, 3.8) is 0 Å². The van der Waals surface area contributed by atoms with Crippen molar-refractivity contribution in [1.82, 2.24) is 26.6 Å². The molecule has 1 aromatic rings. The largest absolute Gasteiger partial charge is 0.445 e. The molecule has 0 bridgehead atoms. The first kappa shape index (κ1) is 36.3. The van der Waals surface area contributed by atoms with Gasteiger partial charge in [0.1, 0.15) is 24.5 Å². The van der Waals surface area contributed by atoms with Crippen molar-refractivity contribution in [2.45, 2.75) is 97.2 Å². The summed E-state index contributed by atoms with van der Waals surface area (Å²) in [6.07, 6.45) is 6.54. The van der Waals surface area contributed by atoms with Gasteiger partial charge in [0.15, 0.2) is 0 Å². The number of amides is 5. The van der Waals surface area contributed by atoms with Crippen LogP contribution in [0.25, 0.3) is 0 Å². The molecule has 1 aliphatic heterocycles. The Morgan fingerprint density at radius 1 is 0.957 bits per heavy atom. The molecule has 3 rings (SSSR count). The van der Waals surface area contributed by atoms with Crippen LogP contribution < -0.4 is 26.6 Å². The molecule has 1 aromatic carbocycles. The van der Waals surface area contributed by atoms with Crippen LogP contribution in [0.15, 0.2) is 42.1 Å². The van der Waals surface area contributed by atoms with E-state index in [0.717, 1.165) is 37.7 Å². The fourth-order valence-corrected chi connectivity index (χ4v) is 5.61. The third-order valence-corrected chi connectivity index (χ3v) is 8.17. The van der Waals surface area contributed by atoms with Crippen LogP contribution in [-0.2, 0) is 35.3 Å². The third kappa shape index (κ3) is 12.6. The highest BCUT2D eigenvalue weighted by Gasteiger charge is 2.31. The minimum absolute atomic E-state index is 0.00885. The number of benzene rings is 1. The average molecular weight is 640 g/mol. The number of alkyl carbamates (subject to hydrolysis) is 1. The number of Topliss-reactive ketones (excluding diaryl/α,β-unsaturated/α-hetero) is 1. The Bertz CT molecular complexity index is 1240. The number of allylic oxidation sites excluding steroid dienone is 2. The van der Waals surface area contributed by atoms with Gasteiger partial charge in [0.2, 0.25) is 23.6 Å². The molecule has 1 heterocycles. The summed E-state index contributed by atoms with van der Waals surface area (Å²) in [7, 11) is 0. The summed E-state index contributed by atoms with van der Waals surface area (Å²) in [5.74, 6) is -2.03. The topological polar surface area (TPSA) is 172 Å². The van der Waals surface area contributed by atoms with Crippen molar-refractivity contribution in [3.05, 3.63) is 47.7 Å². The third-order valence-electron chi connectivity index (χ3n) is 8.17. The summed E-state index contributed by atoms with van der Waals surface area (Å²) in [5.41, 5.74) is 1.20. The Hall–Kier alpha value is -4.22. The minimum atomic E-state index is -1.21. The molecule has 0 spiro atoms. The normalized spacial score (nSPS) is 18.2. The van der Waals surface area contributed by atoms with Gasteiger partial charge in [0, 0.05) is 37.0 Å². The van der Waals surface area contributed by atoms with E-state index in [4.69, 9.17) is 4.74 Å². The second-order valence-corrected chi connectivity index (χ2v) is 12.6. The van der Waals surface area contributed by atoms with E-state index in [1.165, 1.54) is 6.92 Å². The van der Waals surface area contributed by atoms with Crippen LogP contribution >= 0.6 is 0 Å². The Kier molecular flexibility index (Phi) is 14.7. The molecular weight excluding hydrogens is 590 g/mol. The number of hydrogen-bond donors (Lipinski definition) is 5. The molecule has 5 amide bonds. The molecule has 1 saturated carbocycles. The second-order valence-electron chi connectivity index (χ2n) is 12.6. The van der Waals surface area contributed by atoms with E-state index in [-0.39, 0.29) is 67.8 Å². The Labute approximate surface area is 271 Å². The average Bonchev–Trinajstić information content (AvgIpc) is 3.44. The first-order valence-electron chi connectivity index (χ1n) is 16.3. The number of ether oxygens (including phenoxy) is 1. The summed E-state index contributed by atoms with van der Waals surface area (Å²) in [5, 5.41) is 13.7. The van der Waals surface area contributed by atoms with E-state index in [1.807, 2.05) is 32.0 Å². The first-order valence-corrected chi connectivity index (χ1v) is 16.3. The summed E-state index contributed by atoms with van der Waals surface area (Å²) < 4.78 is 5.33. The molecule has 0 radical (unpaired) electrons. The lowest BCUT2D eigenvalue weighted by atomic mass is 9.88. The van der Waals surface area contributed by atoms with Crippen LogP contribution in [0.2, 0.25) is 0 Å². The van der Waals surface area contributed by atoms with Gasteiger partial charge in [-0.1, -0.05) is 69.5 Å². The predicted octanol–water partition coefficient (Wildman–Crippen LogP) is 3.01. The molecule has 12 nitrogen and oxygen atoms in total. The van der Waals surface area contributed by atoms with Crippen molar-refractivity contribution < 1.29 is 33.5 Å². The van der Waals surface area contributed by atoms with E-state index in [9.17, 15) is 28.8 Å². The van der Waals surface area contributed by atoms with Gasteiger partial charge in [-0.25, -0.2) is 4.79 Å². The fourth-order valence-electron chi connectivity index (χ4n) is 5.61. The van der Waals surface area contributed by atoms with E-state index in [2.05, 4.69) is 26.6 Å². The van der Waals surface area contributed by atoms with Gasteiger partial charge < -0.3 is 31.3 Å². The SMILES string of the molecule is CC(=O)CC=C(C[C@@H]1CCNC1=O)NC(=O)[C@H](CC(C)C)NC(=O)[C@H](CNC(=O)C1CCCCC1)NC(=O)OCc1ccccc1. The van der Waals surface area contributed by atoms with Crippen molar-refractivity contribution in [2.24, 2.45) is 17.8 Å². The first-order chi connectivity index (χ1) is 22.0. The number of rotatable bonds is 16. The highest BCUT2D eigenvalue weighted by molar-refractivity contribution is 5.92. The molecule has 5 N–H and O–H groups in total. The Morgan fingerprint density at radius 2 is 1.67 bits per heavy atom. The zero-order valence-electron chi connectivity index (χ0n) is 27.2. The van der Waals surface area contributed by atoms with Gasteiger partial charge in [0.05, 0.1) is 0 Å². The van der Waals surface area contributed by atoms with Crippen molar-refractivity contribution in [2.75, 3.05) is 13.1 Å². The summed E-state index contributed by atoms with van der Waals surface area (Å²) in [4.78, 5) is 76.8. The fraction of sp³-hybridized carbons (Fsp3) is 0.588. The number of nitrogens with one attached hydrogen (secondary N) is 5. The molecule has 252 valence electrons. The predicted molar refractivity (Wildman–Crippen MR) is 172 cm³/mol. The van der Waals surface area contributed by atoms with Crippen LogP contribution in [0.3, 0.4) is 0 Å². The van der Waals surface area contributed by atoms with Crippen LogP contribution in [0, 0.1) is 17.8 Å². The van der Waals surface area contributed by atoms with Crippen LogP contribution in [0.5, 0.6) is 0 Å². The maximum atomic E-state index is 13.6. The van der Waals surface area contributed by atoms with Gasteiger partial charge in [-0.15, -0.1) is 0 Å².